The SMILES string of the molecule is C[C@@H]1O[C@H](O[C@H]2[C@H](O)[C@@H](O)[C@H](OC[C@H]3O[C@@H](OC(=O)[C@@]45CC=C6[C@@H]7CC[C@H]8C(C)(C)C(=O)CC[C@]8(C)[C@H]7CC[C@@H]6[C@]4(C)C[C@](C)(C(=O)O)CC5)[C@H](O)[C@@H](O)[C@@H]3O)O[C@@H]2CO)[C@H](O)[C@H](O)[C@H]1O. The van der Waals surface area contributed by atoms with E-state index in [0.29, 0.717) is 24.5 Å². The number of carboxylic acid groups (broad SMARTS) is 1. The van der Waals surface area contributed by atoms with Crippen LogP contribution in [0.1, 0.15) is 106 Å². The molecule has 0 bridgehead atoms. The molecule has 0 aromatic carbocycles. The number of allylic oxidation sites excluding steroid dienone is 2. The third kappa shape index (κ3) is 7.83. The lowest BCUT2D eigenvalue weighted by atomic mass is 9.38. The standard InChI is InChI=1S/C47H72O19/c1-20-29(50)31(52)34(55)39(62-20)65-37-25(17-48)63-38(36(57)33(37)54)61-18-26-30(51)32(53)35(56)40(64-26)66-42(60)47-14-11-22-21-7-10-27-43(2,3)28(49)12-13-45(27,5)23(21)8-9-24(22)46(47,6)19-44(4,15-16-47)41(58)59/h11,20-21,23-27,29-40,48,50-57H,7-10,12-19H2,1-6H3,(H,58,59)/t20-,21-,23-,24-,25+,26+,27-,29-,30+,31+,32-,33+,34+,35+,36+,37+,38+,39+,40-,44+,45+,46-,47-/m0/s1. The van der Waals surface area contributed by atoms with E-state index in [1.165, 1.54) is 12.5 Å². The molecule has 8 rings (SSSR count). The van der Waals surface area contributed by atoms with Crippen LogP contribution in [0.3, 0.4) is 0 Å². The Morgan fingerprint density at radius 1 is 0.742 bits per heavy atom. The number of rotatable bonds is 9. The molecule has 23 atom stereocenters. The van der Waals surface area contributed by atoms with Crippen LogP contribution in [0.25, 0.3) is 0 Å². The van der Waals surface area contributed by atoms with Gasteiger partial charge in [-0.25, -0.2) is 0 Å². The molecule has 0 aromatic rings. The molecule has 0 amide bonds. The Bertz CT molecular complexity index is 1880. The van der Waals surface area contributed by atoms with Gasteiger partial charge in [0.25, 0.3) is 0 Å². The predicted molar refractivity (Wildman–Crippen MR) is 225 cm³/mol. The molecule has 0 unspecified atom stereocenters. The molecule has 0 radical (unpaired) electrons. The number of carbonyl (C=O) groups excluding carboxylic acids is 2. The fourth-order valence-corrected chi connectivity index (χ4v) is 14.4. The summed E-state index contributed by atoms with van der Waals surface area (Å²) < 4.78 is 34.5. The summed E-state index contributed by atoms with van der Waals surface area (Å²) in [6.45, 7) is 10.2. The molecule has 3 heterocycles. The van der Waals surface area contributed by atoms with E-state index < -0.39 is 139 Å². The minimum atomic E-state index is -1.92. The van der Waals surface area contributed by atoms with E-state index >= 15 is 0 Å². The van der Waals surface area contributed by atoms with Crippen LogP contribution in [0, 0.1) is 50.7 Å². The van der Waals surface area contributed by atoms with E-state index in [2.05, 4.69) is 26.8 Å². The molecule has 19 heteroatoms. The number of aliphatic carboxylic acids is 1. The molecule has 10 N–H and O–H groups in total. The van der Waals surface area contributed by atoms with Crippen molar-refractivity contribution < 1.29 is 93.9 Å². The van der Waals surface area contributed by atoms with Gasteiger partial charge in [-0.05, 0) is 106 Å². The van der Waals surface area contributed by atoms with Crippen molar-refractivity contribution in [1.29, 1.82) is 0 Å². The maximum atomic E-state index is 15.0. The first-order valence-electron chi connectivity index (χ1n) is 23.8. The predicted octanol–water partition coefficient (Wildman–Crippen LogP) is 0.0509. The summed E-state index contributed by atoms with van der Waals surface area (Å²) in [7, 11) is 0. The van der Waals surface area contributed by atoms with Crippen LogP contribution >= 0.6 is 0 Å². The van der Waals surface area contributed by atoms with Gasteiger partial charge in [0.05, 0.1) is 30.1 Å². The van der Waals surface area contributed by atoms with Gasteiger partial charge in [0, 0.05) is 11.8 Å². The van der Waals surface area contributed by atoms with Crippen LogP contribution in [0.15, 0.2) is 11.6 Å². The lowest BCUT2D eigenvalue weighted by Crippen LogP contribution is -2.65. The van der Waals surface area contributed by atoms with Crippen molar-refractivity contribution in [3.05, 3.63) is 11.6 Å². The molecule has 7 fully saturated rings. The van der Waals surface area contributed by atoms with Crippen molar-refractivity contribution in [2.75, 3.05) is 13.2 Å². The van der Waals surface area contributed by atoms with Crippen molar-refractivity contribution >= 4 is 17.7 Å². The summed E-state index contributed by atoms with van der Waals surface area (Å²) >= 11 is 0. The molecule has 66 heavy (non-hydrogen) atoms. The molecule has 8 aliphatic rings. The largest absolute Gasteiger partial charge is 0.481 e. The van der Waals surface area contributed by atoms with E-state index in [1.807, 2.05) is 6.92 Å². The zero-order valence-corrected chi connectivity index (χ0v) is 38.7. The number of ether oxygens (including phenoxy) is 6. The summed E-state index contributed by atoms with van der Waals surface area (Å²) in [4.78, 5) is 41.1. The van der Waals surface area contributed by atoms with E-state index in [0.717, 1.165) is 25.7 Å². The summed E-state index contributed by atoms with van der Waals surface area (Å²) in [5.41, 5.74) is -2.52. The average Bonchev–Trinajstić information content (AvgIpc) is 3.27. The Hall–Kier alpha value is -2.21. The maximum Gasteiger partial charge on any atom is 0.315 e. The maximum absolute atomic E-state index is 15.0. The van der Waals surface area contributed by atoms with E-state index in [1.54, 1.807) is 6.92 Å². The Morgan fingerprint density at radius 3 is 2.08 bits per heavy atom. The topological polar surface area (TPSA) is 309 Å². The summed E-state index contributed by atoms with van der Waals surface area (Å²) in [6.07, 6.45) is -17.1. The first kappa shape index (κ1) is 50.2. The van der Waals surface area contributed by atoms with Gasteiger partial charge in [-0.3, -0.25) is 14.4 Å². The van der Waals surface area contributed by atoms with Gasteiger partial charge in [-0.15, -0.1) is 0 Å². The zero-order valence-electron chi connectivity index (χ0n) is 38.7. The number of carboxylic acids is 1. The molecule has 0 spiro atoms. The molecule has 374 valence electrons. The number of ketones is 1. The van der Waals surface area contributed by atoms with Crippen molar-refractivity contribution in [1.82, 2.24) is 0 Å². The van der Waals surface area contributed by atoms with Crippen molar-refractivity contribution in [2.24, 2.45) is 50.7 Å². The van der Waals surface area contributed by atoms with E-state index in [9.17, 15) is 65.4 Å². The van der Waals surface area contributed by atoms with Crippen LogP contribution in [0.4, 0.5) is 0 Å². The molecule has 0 aromatic heterocycles. The Labute approximate surface area is 384 Å². The number of hydrogen-bond acceptors (Lipinski definition) is 18. The molecule has 4 saturated carbocycles. The smallest absolute Gasteiger partial charge is 0.315 e. The number of hydrogen-bond donors (Lipinski definition) is 10. The second kappa shape index (κ2) is 17.9. The van der Waals surface area contributed by atoms with Gasteiger partial charge >= 0.3 is 11.9 Å². The normalized spacial score (nSPS) is 52.4. The van der Waals surface area contributed by atoms with Crippen LogP contribution in [0.5, 0.6) is 0 Å². The Balaban J connectivity index is 0.985. The number of fused-ring (bicyclic) bond motifs is 7. The molecular weight excluding hydrogens is 868 g/mol. The highest BCUT2D eigenvalue weighted by Crippen LogP contribution is 2.72. The van der Waals surface area contributed by atoms with Gasteiger partial charge in [-0.2, -0.15) is 0 Å². The molecule has 3 aliphatic heterocycles. The van der Waals surface area contributed by atoms with Crippen molar-refractivity contribution in [3.63, 3.8) is 0 Å². The van der Waals surface area contributed by atoms with Crippen molar-refractivity contribution in [2.45, 2.75) is 198 Å². The lowest BCUT2D eigenvalue weighted by Gasteiger charge is -2.66. The van der Waals surface area contributed by atoms with Crippen LogP contribution < -0.4 is 0 Å². The first-order valence-corrected chi connectivity index (χ1v) is 23.8. The van der Waals surface area contributed by atoms with E-state index in [4.69, 9.17) is 28.4 Å². The Morgan fingerprint density at radius 2 is 1.39 bits per heavy atom. The fourth-order valence-electron chi connectivity index (χ4n) is 14.4. The van der Waals surface area contributed by atoms with Crippen LogP contribution in [-0.4, -0.2) is 174 Å². The number of esters is 1. The summed E-state index contributed by atoms with van der Waals surface area (Å²) in [6, 6.07) is 0. The van der Waals surface area contributed by atoms with Crippen LogP contribution in [0.2, 0.25) is 0 Å². The fraction of sp³-hybridized carbons (Fsp3) is 0.894. The second-order valence-corrected chi connectivity index (χ2v) is 22.3. The highest BCUT2D eigenvalue weighted by atomic mass is 16.8. The third-order valence-electron chi connectivity index (χ3n) is 18.5. The van der Waals surface area contributed by atoms with Gasteiger partial charge in [-0.1, -0.05) is 39.3 Å². The van der Waals surface area contributed by atoms with Gasteiger partial charge in [0.15, 0.2) is 12.6 Å². The van der Waals surface area contributed by atoms with Crippen LogP contribution in [-0.2, 0) is 42.8 Å². The number of aliphatic hydroxyl groups excluding tert-OH is 9. The third-order valence-corrected chi connectivity index (χ3v) is 18.5. The average molecular weight is 941 g/mol. The molecule has 19 nitrogen and oxygen atoms in total. The van der Waals surface area contributed by atoms with Crippen molar-refractivity contribution in [3.8, 4) is 0 Å². The minimum Gasteiger partial charge on any atom is -0.481 e. The van der Waals surface area contributed by atoms with E-state index in [-0.39, 0.29) is 48.9 Å². The zero-order chi connectivity index (χ0) is 48.2. The highest BCUT2D eigenvalue weighted by molar-refractivity contribution is 5.85. The summed E-state index contributed by atoms with van der Waals surface area (Å²) in [5, 5.41) is 107. The lowest BCUT2D eigenvalue weighted by molar-refractivity contribution is -0.361. The molecular formula is C47H72O19. The quantitative estimate of drug-likeness (QED) is 0.108. The van der Waals surface area contributed by atoms with Gasteiger partial charge in [0.2, 0.25) is 6.29 Å². The highest BCUT2D eigenvalue weighted by Gasteiger charge is 2.69. The first-order chi connectivity index (χ1) is 30.9. The molecule has 5 aliphatic carbocycles. The minimum absolute atomic E-state index is 0.0498. The summed E-state index contributed by atoms with van der Waals surface area (Å²) in [5.74, 6) is -0.742. The second-order valence-electron chi connectivity index (χ2n) is 22.3. The Kier molecular flexibility index (Phi) is 13.6. The number of aliphatic hydroxyl groups is 9. The number of carbonyl (C=O) groups is 3. The van der Waals surface area contributed by atoms with Gasteiger partial charge in [0.1, 0.15) is 72.9 Å². The molecule has 3 saturated heterocycles. The number of Topliss-reactive ketones (excluding diaryl/α,β-unsaturated/α-hetero) is 1. The monoisotopic (exact) mass is 940 g/mol. The van der Waals surface area contributed by atoms with Gasteiger partial charge < -0.3 is 79.5 Å².